The summed E-state index contributed by atoms with van der Waals surface area (Å²) in [6, 6.07) is 13.5. The fourth-order valence-electron chi connectivity index (χ4n) is 2.54. The molecule has 2 heterocycles. The maximum absolute atomic E-state index is 13.8. The van der Waals surface area contributed by atoms with Gasteiger partial charge in [0.05, 0.1) is 11.2 Å². The first-order chi connectivity index (χ1) is 12.1. The summed E-state index contributed by atoms with van der Waals surface area (Å²) >= 11 is 0. The summed E-state index contributed by atoms with van der Waals surface area (Å²) in [6.45, 7) is 5.70. The Bertz CT molecular complexity index is 970. The van der Waals surface area contributed by atoms with Crippen molar-refractivity contribution in [2.75, 3.05) is 0 Å². The molecule has 0 unspecified atom stereocenters. The Labute approximate surface area is 147 Å². The lowest BCUT2D eigenvalue weighted by molar-refractivity contribution is 0.605. The highest BCUT2D eigenvalue weighted by atomic mass is 19.1. The molecular weight excluding hydrogens is 313 g/mol. The highest BCUT2D eigenvalue weighted by molar-refractivity contribution is 5.79. The molecule has 0 bridgehead atoms. The van der Waals surface area contributed by atoms with E-state index in [1.165, 1.54) is 0 Å². The van der Waals surface area contributed by atoms with Crippen LogP contribution in [0.25, 0.3) is 28.0 Å². The van der Waals surface area contributed by atoms with Crippen LogP contribution in [0.1, 0.15) is 32.9 Å². The Hall–Kier alpha value is -2.88. The molecule has 0 amide bonds. The fraction of sp³-hybridized carbons (Fsp3) is 0.190. The highest BCUT2D eigenvalue weighted by Crippen LogP contribution is 2.24. The van der Waals surface area contributed by atoms with Crippen molar-refractivity contribution in [3.05, 3.63) is 71.8 Å². The molecule has 0 aliphatic heterocycles. The molecule has 3 nitrogen and oxygen atoms in total. The average molecular weight is 333 g/mol. The van der Waals surface area contributed by atoms with Crippen molar-refractivity contribution < 1.29 is 4.39 Å². The van der Waals surface area contributed by atoms with Gasteiger partial charge in [0.1, 0.15) is 11.5 Å². The Balaban J connectivity index is 2.07. The lowest BCUT2D eigenvalue weighted by Crippen LogP contribution is -1.96. The molecule has 0 atom stereocenters. The zero-order valence-electron chi connectivity index (χ0n) is 14.6. The molecule has 0 aliphatic carbocycles. The van der Waals surface area contributed by atoms with Crippen molar-refractivity contribution >= 4 is 16.5 Å². The normalized spacial score (nSPS) is 11.6. The van der Waals surface area contributed by atoms with Crippen LogP contribution in [0.4, 0.5) is 4.39 Å². The second-order valence-corrected chi connectivity index (χ2v) is 6.02. The van der Waals surface area contributed by atoms with Crippen molar-refractivity contribution in [1.29, 1.82) is 0 Å². The minimum Gasteiger partial charge on any atom is -0.244 e. The number of fused-ring (bicyclic) bond motifs is 1. The van der Waals surface area contributed by atoms with Gasteiger partial charge in [0.25, 0.3) is 0 Å². The number of nitrogens with zero attached hydrogens (tertiary/aromatic N) is 3. The number of rotatable bonds is 4. The molecule has 0 aliphatic rings. The number of allylic oxidation sites excluding steroid dienone is 4. The first-order valence-corrected chi connectivity index (χ1v) is 8.31. The third-order valence-electron chi connectivity index (χ3n) is 3.92. The van der Waals surface area contributed by atoms with Crippen LogP contribution in [0.3, 0.4) is 0 Å². The molecular formula is C21H20FN3. The van der Waals surface area contributed by atoms with E-state index in [-0.39, 0.29) is 5.83 Å². The minimum atomic E-state index is -0.162. The van der Waals surface area contributed by atoms with Crippen molar-refractivity contribution in [2.24, 2.45) is 0 Å². The largest absolute Gasteiger partial charge is 0.244 e. The molecule has 1 aromatic carbocycles. The van der Waals surface area contributed by atoms with Gasteiger partial charge < -0.3 is 0 Å². The monoisotopic (exact) mass is 333 g/mol. The van der Waals surface area contributed by atoms with Gasteiger partial charge in [-0.25, -0.2) is 19.3 Å². The van der Waals surface area contributed by atoms with Crippen LogP contribution >= 0.6 is 0 Å². The van der Waals surface area contributed by atoms with Crippen molar-refractivity contribution in [3.63, 3.8) is 0 Å². The maximum atomic E-state index is 13.8. The third kappa shape index (κ3) is 3.79. The fourth-order valence-corrected chi connectivity index (χ4v) is 2.54. The lowest BCUT2D eigenvalue weighted by atomic mass is 10.0. The number of hydrogen-bond donors (Lipinski definition) is 0. The molecule has 0 radical (unpaired) electrons. The third-order valence-corrected chi connectivity index (χ3v) is 3.92. The summed E-state index contributed by atoms with van der Waals surface area (Å²) in [5.41, 5.74) is 4.07. The molecule has 126 valence electrons. The SMILES string of the molecule is CC/C(F)=C\C(=C(C)C)c1cccc(-c2ncc3ccccc3n2)n1. The first-order valence-electron chi connectivity index (χ1n) is 8.31. The highest BCUT2D eigenvalue weighted by Gasteiger charge is 2.09. The van der Waals surface area contributed by atoms with E-state index in [4.69, 9.17) is 0 Å². The van der Waals surface area contributed by atoms with Crippen molar-refractivity contribution in [2.45, 2.75) is 27.2 Å². The maximum Gasteiger partial charge on any atom is 0.178 e. The van der Waals surface area contributed by atoms with E-state index >= 15 is 0 Å². The van der Waals surface area contributed by atoms with Crippen LogP contribution in [0.5, 0.6) is 0 Å². The number of hydrogen-bond acceptors (Lipinski definition) is 3. The summed E-state index contributed by atoms with van der Waals surface area (Å²) in [5.74, 6) is 0.402. The van der Waals surface area contributed by atoms with E-state index in [9.17, 15) is 4.39 Å². The molecule has 3 rings (SSSR count). The molecule has 0 spiro atoms. The van der Waals surface area contributed by atoms with Gasteiger partial charge in [-0.05, 0) is 44.5 Å². The van der Waals surface area contributed by atoms with Gasteiger partial charge in [-0.1, -0.05) is 36.8 Å². The van der Waals surface area contributed by atoms with Gasteiger partial charge >= 0.3 is 0 Å². The van der Waals surface area contributed by atoms with Gasteiger partial charge in [0, 0.05) is 17.2 Å². The van der Waals surface area contributed by atoms with Crippen LogP contribution in [0.2, 0.25) is 0 Å². The van der Waals surface area contributed by atoms with Crippen LogP contribution in [-0.4, -0.2) is 15.0 Å². The van der Waals surface area contributed by atoms with E-state index in [1.807, 2.05) is 56.3 Å². The summed E-state index contributed by atoms with van der Waals surface area (Å²) in [5, 5.41) is 0.986. The van der Waals surface area contributed by atoms with E-state index in [0.29, 0.717) is 17.9 Å². The summed E-state index contributed by atoms with van der Waals surface area (Å²) in [4.78, 5) is 13.7. The molecule has 3 aromatic rings. The van der Waals surface area contributed by atoms with Gasteiger partial charge in [0.15, 0.2) is 5.82 Å². The van der Waals surface area contributed by atoms with Crippen LogP contribution in [0.15, 0.2) is 66.1 Å². The molecule has 25 heavy (non-hydrogen) atoms. The Morgan fingerprint density at radius 1 is 1.04 bits per heavy atom. The van der Waals surface area contributed by atoms with Crippen LogP contribution in [-0.2, 0) is 0 Å². The minimum absolute atomic E-state index is 0.162. The van der Waals surface area contributed by atoms with Crippen molar-refractivity contribution in [1.82, 2.24) is 15.0 Å². The number of para-hydroxylation sites is 1. The molecule has 0 fully saturated rings. The smallest absolute Gasteiger partial charge is 0.178 e. The van der Waals surface area contributed by atoms with Crippen LogP contribution in [0, 0.1) is 0 Å². The Morgan fingerprint density at radius 3 is 2.60 bits per heavy atom. The van der Waals surface area contributed by atoms with Gasteiger partial charge in [0.2, 0.25) is 0 Å². The van der Waals surface area contributed by atoms with Gasteiger partial charge in [-0.3, -0.25) is 0 Å². The molecule has 2 aromatic heterocycles. The van der Waals surface area contributed by atoms with E-state index in [0.717, 1.165) is 27.7 Å². The van der Waals surface area contributed by atoms with E-state index in [2.05, 4.69) is 15.0 Å². The van der Waals surface area contributed by atoms with E-state index in [1.54, 1.807) is 19.2 Å². The standard InChI is InChI=1S/C21H20FN3/c1-4-16(22)12-17(14(2)3)19-10-7-11-20(24-19)21-23-13-15-8-5-6-9-18(15)25-21/h5-13H,4H2,1-3H3/b16-12+. The zero-order chi connectivity index (χ0) is 17.8. The molecule has 4 heteroatoms. The summed E-state index contributed by atoms with van der Waals surface area (Å²) < 4.78 is 13.8. The lowest BCUT2D eigenvalue weighted by Gasteiger charge is -2.08. The summed E-state index contributed by atoms with van der Waals surface area (Å²) in [6.07, 6.45) is 3.72. The predicted molar refractivity (Wildman–Crippen MR) is 101 cm³/mol. The quantitative estimate of drug-likeness (QED) is 0.571. The van der Waals surface area contributed by atoms with Crippen molar-refractivity contribution in [3.8, 4) is 11.5 Å². The topological polar surface area (TPSA) is 38.7 Å². The second-order valence-electron chi connectivity index (χ2n) is 6.02. The van der Waals surface area contributed by atoms with Gasteiger partial charge in [-0.2, -0.15) is 0 Å². The second kappa shape index (κ2) is 7.34. The molecule has 0 saturated heterocycles. The van der Waals surface area contributed by atoms with E-state index < -0.39 is 0 Å². The number of aromatic nitrogens is 3. The number of halogens is 1. The van der Waals surface area contributed by atoms with Crippen LogP contribution < -0.4 is 0 Å². The molecule has 0 N–H and O–H groups in total. The predicted octanol–water partition coefficient (Wildman–Crippen LogP) is 5.75. The zero-order valence-corrected chi connectivity index (χ0v) is 14.6. The molecule has 0 saturated carbocycles. The number of pyridine rings is 1. The first kappa shape index (κ1) is 17.0. The van der Waals surface area contributed by atoms with Gasteiger partial charge in [-0.15, -0.1) is 0 Å². The Kier molecular flexibility index (Phi) is 4.98. The Morgan fingerprint density at radius 2 is 1.84 bits per heavy atom. The number of benzene rings is 1. The average Bonchev–Trinajstić information content (AvgIpc) is 2.65. The summed E-state index contributed by atoms with van der Waals surface area (Å²) in [7, 11) is 0.